The number of nitrogens with zero attached hydrogens (tertiary/aromatic N) is 1. The highest BCUT2D eigenvalue weighted by atomic mass is 14.4. The van der Waals surface area contributed by atoms with Gasteiger partial charge in [0.15, 0.2) is 0 Å². The van der Waals surface area contributed by atoms with Gasteiger partial charge in [0.2, 0.25) is 0 Å². The second kappa shape index (κ2) is 2.89. The maximum absolute atomic E-state index is 8.91. The topological polar surface area (TPSA) is 23.8 Å². The van der Waals surface area contributed by atoms with Crippen molar-refractivity contribution in [2.24, 2.45) is 5.41 Å². The van der Waals surface area contributed by atoms with Crippen LogP contribution in [0.4, 0.5) is 0 Å². The van der Waals surface area contributed by atoms with Crippen LogP contribution in [0.1, 0.15) is 19.3 Å². The summed E-state index contributed by atoms with van der Waals surface area (Å²) in [6.45, 7) is 3.86. The molecule has 2 rings (SSSR count). The minimum atomic E-state index is -0.272. The largest absolute Gasteiger partial charge is 0.192 e. The van der Waals surface area contributed by atoms with Crippen LogP contribution in [-0.4, -0.2) is 0 Å². The predicted octanol–water partition coefficient (Wildman–Crippen LogP) is 2.74. The van der Waals surface area contributed by atoms with Crippen molar-refractivity contribution >= 4 is 0 Å². The number of nitriles is 1. The molecule has 14 heavy (non-hydrogen) atoms. The highest BCUT2D eigenvalue weighted by Gasteiger charge is 2.37. The van der Waals surface area contributed by atoms with Crippen molar-refractivity contribution < 1.29 is 0 Å². The third-order valence-corrected chi connectivity index (χ3v) is 3.05. The van der Waals surface area contributed by atoms with E-state index in [9.17, 15) is 0 Å². The number of rotatable bonds is 0. The third-order valence-electron chi connectivity index (χ3n) is 3.05. The van der Waals surface area contributed by atoms with Crippen molar-refractivity contribution in [1.29, 1.82) is 5.26 Å². The maximum atomic E-state index is 8.91. The summed E-state index contributed by atoms with van der Waals surface area (Å²) in [5.41, 5.74) is 2.42. The minimum Gasteiger partial charge on any atom is -0.192 e. The van der Waals surface area contributed by atoms with Gasteiger partial charge in [-0.05, 0) is 36.5 Å². The molecular weight excluding hydrogens is 170 g/mol. The van der Waals surface area contributed by atoms with Gasteiger partial charge < -0.3 is 0 Å². The van der Waals surface area contributed by atoms with Gasteiger partial charge in [-0.15, -0.1) is 6.42 Å². The minimum absolute atomic E-state index is 0.272. The molecule has 0 N–H and O–H groups in total. The van der Waals surface area contributed by atoms with Crippen LogP contribution in [0.25, 0.3) is 0 Å². The van der Waals surface area contributed by atoms with Crippen LogP contribution in [0.5, 0.6) is 0 Å². The average molecular weight is 181 g/mol. The van der Waals surface area contributed by atoms with Gasteiger partial charge in [0, 0.05) is 0 Å². The number of hydrogen-bond acceptors (Lipinski definition) is 1. The van der Waals surface area contributed by atoms with E-state index < -0.39 is 0 Å². The Hall–Kier alpha value is -1.73. The van der Waals surface area contributed by atoms with Crippen molar-refractivity contribution in [3.8, 4) is 18.4 Å². The Labute approximate surface area is 84.4 Å². The number of allylic oxidation sites excluding steroid dienone is 5. The average Bonchev–Trinajstić information content (AvgIpc) is 2.60. The lowest BCUT2D eigenvalue weighted by molar-refractivity contribution is 0.621. The Bertz CT molecular complexity index is 437. The first-order valence-electron chi connectivity index (χ1n) is 4.73. The SMILES string of the molecule is C#CC12C=C(C#N)C(=C)C=C1CCC2. The molecule has 0 bridgehead atoms. The second-order valence-corrected chi connectivity index (χ2v) is 3.83. The number of fused-ring (bicyclic) bond motifs is 1. The van der Waals surface area contributed by atoms with Crippen LogP contribution >= 0.6 is 0 Å². The van der Waals surface area contributed by atoms with E-state index in [4.69, 9.17) is 11.7 Å². The van der Waals surface area contributed by atoms with Gasteiger partial charge in [-0.25, -0.2) is 0 Å². The zero-order chi connectivity index (χ0) is 10.2. The fourth-order valence-corrected chi connectivity index (χ4v) is 2.24. The Morgan fingerprint density at radius 1 is 1.57 bits per heavy atom. The van der Waals surface area contributed by atoms with E-state index in [2.05, 4.69) is 18.6 Å². The van der Waals surface area contributed by atoms with Gasteiger partial charge in [0.25, 0.3) is 0 Å². The number of hydrogen-bond donors (Lipinski definition) is 0. The summed E-state index contributed by atoms with van der Waals surface area (Å²) in [6, 6.07) is 2.15. The summed E-state index contributed by atoms with van der Waals surface area (Å²) in [5, 5.41) is 8.91. The smallest absolute Gasteiger partial charge is 0.0995 e. The highest BCUT2D eigenvalue weighted by molar-refractivity contribution is 5.57. The van der Waals surface area contributed by atoms with Crippen molar-refractivity contribution in [1.82, 2.24) is 0 Å². The Kier molecular flexibility index (Phi) is 1.83. The van der Waals surface area contributed by atoms with Crippen LogP contribution in [0, 0.1) is 29.1 Å². The fourth-order valence-electron chi connectivity index (χ4n) is 2.24. The van der Waals surface area contributed by atoms with Gasteiger partial charge in [-0.2, -0.15) is 5.26 Å². The molecule has 68 valence electrons. The first kappa shape index (κ1) is 8.85. The van der Waals surface area contributed by atoms with Crippen molar-refractivity contribution in [2.45, 2.75) is 19.3 Å². The summed E-state index contributed by atoms with van der Waals surface area (Å²) in [5.74, 6) is 2.83. The summed E-state index contributed by atoms with van der Waals surface area (Å²) in [6.07, 6.45) is 12.6. The van der Waals surface area contributed by atoms with Gasteiger partial charge in [-0.3, -0.25) is 0 Å². The van der Waals surface area contributed by atoms with Crippen LogP contribution in [0.3, 0.4) is 0 Å². The second-order valence-electron chi connectivity index (χ2n) is 3.83. The summed E-state index contributed by atoms with van der Waals surface area (Å²) >= 11 is 0. The van der Waals surface area contributed by atoms with Crippen molar-refractivity contribution in [3.05, 3.63) is 35.5 Å². The van der Waals surface area contributed by atoms with Gasteiger partial charge in [0.05, 0.1) is 17.1 Å². The van der Waals surface area contributed by atoms with Crippen LogP contribution < -0.4 is 0 Å². The molecule has 0 heterocycles. The molecule has 0 aromatic heterocycles. The maximum Gasteiger partial charge on any atom is 0.0995 e. The van der Waals surface area contributed by atoms with Crippen LogP contribution in [-0.2, 0) is 0 Å². The molecule has 0 spiro atoms. The molecule has 2 aliphatic carbocycles. The van der Waals surface area contributed by atoms with E-state index in [-0.39, 0.29) is 5.41 Å². The molecule has 1 unspecified atom stereocenters. The summed E-state index contributed by atoms with van der Waals surface area (Å²) in [4.78, 5) is 0. The molecule has 1 atom stereocenters. The molecule has 1 saturated carbocycles. The molecule has 1 fully saturated rings. The fraction of sp³-hybridized carbons (Fsp3) is 0.308. The van der Waals surface area contributed by atoms with Crippen LogP contribution in [0.2, 0.25) is 0 Å². The Balaban J connectivity index is 2.55. The third kappa shape index (κ3) is 1.03. The van der Waals surface area contributed by atoms with E-state index >= 15 is 0 Å². The molecule has 0 radical (unpaired) electrons. The van der Waals surface area contributed by atoms with Gasteiger partial charge in [0.1, 0.15) is 0 Å². The van der Waals surface area contributed by atoms with Crippen molar-refractivity contribution in [2.75, 3.05) is 0 Å². The normalized spacial score (nSPS) is 29.7. The highest BCUT2D eigenvalue weighted by Crippen LogP contribution is 2.47. The molecule has 0 saturated heterocycles. The zero-order valence-electron chi connectivity index (χ0n) is 8.01. The molecule has 0 amide bonds. The van der Waals surface area contributed by atoms with Crippen molar-refractivity contribution in [3.63, 3.8) is 0 Å². The summed E-state index contributed by atoms with van der Waals surface area (Å²) in [7, 11) is 0. The first-order chi connectivity index (χ1) is 6.72. The first-order valence-corrected chi connectivity index (χ1v) is 4.73. The monoisotopic (exact) mass is 181 g/mol. The molecular formula is C13H11N. The molecule has 2 aliphatic rings. The lowest BCUT2D eigenvalue weighted by Gasteiger charge is -2.25. The molecule has 1 nitrogen and oxygen atoms in total. The number of terminal acetylenes is 1. The van der Waals surface area contributed by atoms with E-state index in [1.54, 1.807) is 0 Å². The molecule has 0 aromatic rings. The quantitative estimate of drug-likeness (QED) is 0.527. The lowest BCUT2D eigenvalue weighted by atomic mass is 9.76. The predicted molar refractivity (Wildman–Crippen MR) is 56.0 cm³/mol. The molecule has 0 aromatic carbocycles. The van der Waals surface area contributed by atoms with Gasteiger partial charge >= 0.3 is 0 Å². The summed E-state index contributed by atoms with van der Waals surface area (Å²) < 4.78 is 0. The van der Waals surface area contributed by atoms with E-state index in [0.717, 1.165) is 24.8 Å². The van der Waals surface area contributed by atoms with E-state index in [1.165, 1.54) is 5.57 Å². The molecule has 1 heteroatoms. The lowest BCUT2D eigenvalue weighted by Crippen LogP contribution is -2.17. The Morgan fingerprint density at radius 3 is 3.00 bits per heavy atom. The van der Waals surface area contributed by atoms with E-state index in [1.807, 2.05) is 12.2 Å². The van der Waals surface area contributed by atoms with E-state index in [0.29, 0.717) is 5.57 Å². The standard InChI is InChI=1S/C13H11N/c1-3-13-6-4-5-12(13)7-10(2)11(8-13)9-14/h1,7-8H,2,4-6H2. The van der Waals surface area contributed by atoms with Gasteiger partial charge in [-0.1, -0.05) is 18.6 Å². The van der Waals surface area contributed by atoms with Crippen LogP contribution in [0.15, 0.2) is 35.5 Å². The molecule has 0 aliphatic heterocycles. The Morgan fingerprint density at radius 2 is 2.36 bits per heavy atom. The zero-order valence-corrected chi connectivity index (χ0v) is 8.01.